The van der Waals surface area contributed by atoms with Gasteiger partial charge < -0.3 is 21.1 Å². The van der Waals surface area contributed by atoms with E-state index < -0.39 is 30.2 Å². The number of nitrogens with two attached hydrogens (primary N) is 1. The van der Waals surface area contributed by atoms with E-state index in [1.54, 1.807) is 0 Å². The molecule has 8 heteroatoms. The molecule has 0 fully saturated rings. The van der Waals surface area contributed by atoms with Crippen LogP contribution in [0.25, 0.3) is 0 Å². The Morgan fingerprint density at radius 3 is 1.40 bits per heavy atom. The summed E-state index contributed by atoms with van der Waals surface area (Å²) < 4.78 is 0. The first-order chi connectivity index (χ1) is 8.95. The summed E-state index contributed by atoms with van der Waals surface area (Å²) >= 11 is 0. The molecule has 0 unspecified atom stereocenters. The maximum atomic E-state index is 9.87. The molecule has 0 spiro atoms. The fraction of sp³-hybridized carbons (Fsp3) is 0.167. The van der Waals surface area contributed by atoms with Gasteiger partial charge in [-0.15, -0.1) is 0 Å². The maximum absolute atomic E-state index is 9.87. The van der Waals surface area contributed by atoms with Crippen molar-refractivity contribution in [3.63, 3.8) is 0 Å². The van der Waals surface area contributed by atoms with E-state index in [1.807, 2.05) is 0 Å². The van der Waals surface area contributed by atoms with Gasteiger partial charge in [0.25, 0.3) is 0 Å². The standard InChI is InChI=1S/C5H6O4.C4H6O2.C3H5NO/c1-3(5(8)9)2-4(6)7;1-3(2)4(5)6;1-2-3(4)5/h1-2H2,(H,6,7)(H,8,9);1H2,2H3,(H,5,6);2H,1H2,(H2,4,5). The third kappa shape index (κ3) is 24.4. The van der Waals surface area contributed by atoms with Crippen molar-refractivity contribution in [1.82, 2.24) is 0 Å². The van der Waals surface area contributed by atoms with Gasteiger partial charge in [0, 0.05) is 11.1 Å². The highest BCUT2D eigenvalue weighted by Gasteiger charge is 2.07. The first kappa shape index (κ1) is 22.3. The number of carbonyl (C=O) groups excluding carboxylic acids is 1. The summed E-state index contributed by atoms with van der Waals surface area (Å²) in [5.74, 6) is -3.86. The largest absolute Gasteiger partial charge is 0.481 e. The Hall–Kier alpha value is -2.90. The van der Waals surface area contributed by atoms with E-state index >= 15 is 0 Å². The minimum atomic E-state index is -1.27. The molecule has 1 amide bonds. The van der Waals surface area contributed by atoms with E-state index in [2.05, 4.69) is 25.5 Å². The van der Waals surface area contributed by atoms with Crippen LogP contribution in [0, 0.1) is 0 Å². The van der Waals surface area contributed by atoms with Crippen LogP contribution in [-0.2, 0) is 19.2 Å². The average molecular weight is 287 g/mol. The van der Waals surface area contributed by atoms with Gasteiger partial charge in [-0.1, -0.05) is 19.7 Å². The number of carbonyl (C=O) groups is 4. The lowest BCUT2D eigenvalue weighted by Crippen LogP contribution is -2.04. The van der Waals surface area contributed by atoms with E-state index in [-0.39, 0.29) is 11.1 Å². The maximum Gasteiger partial charge on any atom is 0.331 e. The third-order valence-corrected chi connectivity index (χ3v) is 1.23. The van der Waals surface area contributed by atoms with Gasteiger partial charge >= 0.3 is 17.9 Å². The van der Waals surface area contributed by atoms with Crippen LogP contribution in [0.4, 0.5) is 0 Å². The molecule has 0 aliphatic rings. The zero-order valence-electron chi connectivity index (χ0n) is 11.0. The molecule has 8 nitrogen and oxygen atoms in total. The van der Waals surface area contributed by atoms with Gasteiger partial charge in [0.15, 0.2) is 0 Å². The molecule has 0 aromatic rings. The molecule has 0 radical (unpaired) electrons. The topological polar surface area (TPSA) is 155 Å². The summed E-state index contributed by atoms with van der Waals surface area (Å²) in [6.07, 6.45) is 0.551. The van der Waals surface area contributed by atoms with Crippen molar-refractivity contribution in [3.05, 3.63) is 37.0 Å². The number of hydrogen-bond acceptors (Lipinski definition) is 4. The van der Waals surface area contributed by atoms with Crippen molar-refractivity contribution >= 4 is 23.8 Å². The molecular formula is C12H17NO7. The van der Waals surface area contributed by atoms with Crippen LogP contribution in [0.3, 0.4) is 0 Å². The first-order valence-electron chi connectivity index (χ1n) is 4.89. The highest BCUT2D eigenvalue weighted by Crippen LogP contribution is 1.95. The van der Waals surface area contributed by atoms with Gasteiger partial charge in [-0.25, -0.2) is 9.59 Å². The Balaban J connectivity index is -0.000000230. The Labute approximate surface area is 115 Å². The van der Waals surface area contributed by atoms with E-state index in [0.717, 1.165) is 6.08 Å². The molecule has 0 bridgehead atoms. The number of hydrogen-bond donors (Lipinski definition) is 4. The number of amides is 1. The van der Waals surface area contributed by atoms with Gasteiger partial charge in [0.1, 0.15) is 0 Å². The lowest BCUT2D eigenvalue weighted by Gasteiger charge is -1.91. The molecule has 0 aliphatic carbocycles. The molecule has 0 rings (SSSR count). The normalized spacial score (nSPS) is 7.65. The van der Waals surface area contributed by atoms with Crippen LogP contribution in [0.2, 0.25) is 0 Å². The van der Waals surface area contributed by atoms with Crippen LogP contribution in [0.5, 0.6) is 0 Å². The van der Waals surface area contributed by atoms with E-state index in [0.29, 0.717) is 0 Å². The summed E-state index contributed by atoms with van der Waals surface area (Å²) in [6, 6.07) is 0. The van der Waals surface area contributed by atoms with Gasteiger partial charge in [0.05, 0.1) is 6.42 Å². The van der Waals surface area contributed by atoms with Crippen LogP contribution in [0.1, 0.15) is 13.3 Å². The monoisotopic (exact) mass is 287 g/mol. The number of aliphatic carboxylic acids is 3. The summed E-state index contributed by atoms with van der Waals surface area (Å²) in [5.41, 5.74) is 4.41. The Morgan fingerprint density at radius 1 is 1.05 bits per heavy atom. The molecule has 5 N–H and O–H groups in total. The second-order valence-electron chi connectivity index (χ2n) is 3.17. The minimum Gasteiger partial charge on any atom is -0.481 e. The van der Waals surface area contributed by atoms with Crippen molar-refractivity contribution in [1.29, 1.82) is 0 Å². The predicted octanol–water partition coefficient (Wildman–Crippen LogP) is 0.407. The highest BCUT2D eigenvalue weighted by molar-refractivity contribution is 5.91. The summed E-state index contributed by atoms with van der Waals surface area (Å²) in [7, 11) is 0. The Bertz CT molecular complexity index is 412. The summed E-state index contributed by atoms with van der Waals surface area (Å²) in [5, 5.41) is 24.0. The number of carboxylic acid groups (broad SMARTS) is 3. The van der Waals surface area contributed by atoms with Gasteiger partial charge in [-0.2, -0.15) is 0 Å². The molecule has 0 aromatic carbocycles. The number of carboxylic acids is 3. The molecule has 0 saturated carbocycles. The minimum absolute atomic E-state index is 0.176. The second kappa shape index (κ2) is 12.6. The average Bonchev–Trinajstić information content (AvgIpc) is 2.29. The zero-order valence-corrected chi connectivity index (χ0v) is 11.0. The fourth-order valence-corrected chi connectivity index (χ4v) is 0.258. The number of rotatable bonds is 5. The highest BCUT2D eigenvalue weighted by atomic mass is 16.4. The van der Waals surface area contributed by atoms with Crippen molar-refractivity contribution < 1.29 is 34.5 Å². The molecule has 20 heavy (non-hydrogen) atoms. The fourth-order valence-electron chi connectivity index (χ4n) is 0.258. The first-order valence-corrected chi connectivity index (χ1v) is 4.89. The van der Waals surface area contributed by atoms with Gasteiger partial charge in [0.2, 0.25) is 5.91 Å². The van der Waals surface area contributed by atoms with Gasteiger partial charge in [-0.05, 0) is 13.0 Å². The Morgan fingerprint density at radius 2 is 1.35 bits per heavy atom. The van der Waals surface area contributed by atoms with Gasteiger partial charge in [-0.3, -0.25) is 9.59 Å². The second-order valence-corrected chi connectivity index (χ2v) is 3.17. The predicted molar refractivity (Wildman–Crippen MR) is 70.9 cm³/mol. The summed E-state index contributed by atoms with van der Waals surface area (Å²) in [6.45, 7) is 10.7. The smallest absolute Gasteiger partial charge is 0.331 e. The van der Waals surface area contributed by atoms with Crippen molar-refractivity contribution in [2.75, 3.05) is 0 Å². The van der Waals surface area contributed by atoms with Crippen LogP contribution >= 0.6 is 0 Å². The lowest BCUT2D eigenvalue weighted by atomic mass is 10.2. The van der Waals surface area contributed by atoms with Crippen molar-refractivity contribution in [2.45, 2.75) is 13.3 Å². The molecular weight excluding hydrogens is 270 g/mol. The molecule has 0 aliphatic heterocycles. The van der Waals surface area contributed by atoms with Crippen LogP contribution < -0.4 is 5.73 Å². The number of primary amides is 1. The Kier molecular flexibility index (Phi) is 14.0. The quantitative estimate of drug-likeness (QED) is 0.533. The third-order valence-electron chi connectivity index (χ3n) is 1.23. The molecule has 0 aromatic heterocycles. The van der Waals surface area contributed by atoms with E-state index in [9.17, 15) is 19.2 Å². The SMILES string of the molecule is C=C(C)C(=O)O.C=C(CC(=O)O)C(=O)O.C=CC(N)=O. The van der Waals surface area contributed by atoms with Crippen LogP contribution in [0.15, 0.2) is 37.0 Å². The van der Waals surface area contributed by atoms with Crippen LogP contribution in [-0.4, -0.2) is 39.1 Å². The van der Waals surface area contributed by atoms with Crippen molar-refractivity contribution in [2.24, 2.45) is 5.73 Å². The summed E-state index contributed by atoms with van der Waals surface area (Å²) in [4.78, 5) is 38.7. The molecule has 112 valence electrons. The molecule has 0 saturated heterocycles. The molecule has 0 heterocycles. The zero-order chi connectivity index (χ0) is 16.9. The van der Waals surface area contributed by atoms with E-state index in [4.69, 9.17) is 15.3 Å². The van der Waals surface area contributed by atoms with Crippen molar-refractivity contribution in [3.8, 4) is 0 Å². The van der Waals surface area contributed by atoms with E-state index in [1.165, 1.54) is 6.92 Å². The lowest BCUT2D eigenvalue weighted by molar-refractivity contribution is -0.139. The molecule has 0 atom stereocenters.